The Morgan fingerprint density at radius 3 is 2.86 bits per heavy atom. The Hall–Kier alpha value is -1.97. The Labute approximate surface area is 81.2 Å². The van der Waals surface area contributed by atoms with Crippen LogP contribution in [0.25, 0.3) is 0 Å². The fraction of sp³-hybridized carbons (Fsp3) is 0. The topological polar surface area (TPSA) is 47.8 Å². The summed E-state index contributed by atoms with van der Waals surface area (Å²) >= 11 is 0. The number of imidazole rings is 1. The molecule has 4 heteroatoms. The van der Waals surface area contributed by atoms with Crippen LogP contribution in [0.5, 0.6) is 0 Å². The zero-order valence-electron chi connectivity index (χ0n) is 7.37. The first-order chi connectivity index (χ1) is 6.92. The van der Waals surface area contributed by atoms with Crippen molar-refractivity contribution in [1.29, 1.82) is 0 Å². The number of carbonyl (C=O) groups excluding carboxylic acids is 1. The molecule has 0 N–H and O–H groups in total. The van der Waals surface area contributed by atoms with E-state index in [1.54, 1.807) is 41.7 Å². The normalized spacial score (nSPS) is 10.4. The summed E-state index contributed by atoms with van der Waals surface area (Å²) in [6.07, 6.45) is 9.02. The van der Waals surface area contributed by atoms with E-state index in [0.717, 1.165) is 11.8 Å². The van der Waals surface area contributed by atoms with Crippen molar-refractivity contribution in [2.75, 3.05) is 0 Å². The molecular weight excluding hydrogens is 178 g/mol. The third-order valence-electron chi connectivity index (χ3n) is 1.85. The average molecular weight is 186 g/mol. The smallest absolute Gasteiger partial charge is 0.162 e. The third kappa shape index (κ3) is 1.54. The second kappa shape index (κ2) is 3.83. The summed E-state index contributed by atoms with van der Waals surface area (Å²) in [4.78, 5) is 18.7. The monoisotopic (exact) mass is 186 g/mol. The highest BCUT2D eigenvalue weighted by atomic mass is 16.1. The van der Waals surface area contributed by atoms with E-state index in [4.69, 9.17) is 0 Å². The lowest BCUT2D eigenvalue weighted by molar-refractivity contribution is -0.106. The van der Waals surface area contributed by atoms with Gasteiger partial charge in [0, 0.05) is 30.4 Å². The molecule has 0 amide bonds. The number of carbonyl (C=O) groups is 1. The Balaban J connectivity index is 2.36. The van der Waals surface area contributed by atoms with Crippen LogP contribution in [0.4, 0.5) is 0 Å². The number of hydrogen-bond donors (Lipinski definition) is 0. The molecule has 0 saturated heterocycles. The van der Waals surface area contributed by atoms with Gasteiger partial charge in [0.05, 0.1) is 6.33 Å². The Morgan fingerprint density at radius 2 is 2.29 bits per heavy atom. The first kappa shape index (κ1) is 8.62. The van der Waals surface area contributed by atoms with Gasteiger partial charge in [-0.05, 0) is 6.07 Å². The Bertz CT molecular complexity index is 397. The fourth-order valence-corrected chi connectivity index (χ4v) is 1.19. The van der Waals surface area contributed by atoms with Crippen LogP contribution in [0.15, 0.2) is 43.2 Å². The number of aldehydes is 1. The van der Waals surface area contributed by atoms with Crippen LogP contribution in [-0.4, -0.2) is 20.8 Å². The van der Waals surface area contributed by atoms with E-state index in [2.05, 4.69) is 9.97 Å². The first-order valence-electron chi connectivity index (χ1n) is 4.12. The second-order valence-corrected chi connectivity index (χ2v) is 2.71. The van der Waals surface area contributed by atoms with Crippen LogP contribution in [0.1, 0.15) is 5.56 Å². The fourth-order valence-electron chi connectivity index (χ4n) is 1.19. The molecule has 0 atom stereocenters. The predicted octanol–water partition coefficient (Wildman–Crippen LogP) is 0.905. The molecule has 0 saturated carbocycles. The maximum atomic E-state index is 10.9. The van der Waals surface area contributed by atoms with Gasteiger partial charge in [0.1, 0.15) is 0 Å². The number of aromatic nitrogens is 3. The van der Waals surface area contributed by atoms with Crippen LogP contribution in [0, 0.1) is 6.04 Å². The Morgan fingerprint density at radius 1 is 1.36 bits per heavy atom. The number of hydrogen-bond acceptors (Lipinski definition) is 3. The SMILES string of the molecule is O=C[C](c1cccnc1)n1ccnc1. The number of pyridine rings is 1. The highest BCUT2D eigenvalue weighted by Crippen LogP contribution is 2.12. The summed E-state index contributed by atoms with van der Waals surface area (Å²) in [5.74, 6) is 0. The summed E-state index contributed by atoms with van der Waals surface area (Å²) in [7, 11) is 0. The summed E-state index contributed by atoms with van der Waals surface area (Å²) in [5.41, 5.74) is 0.778. The van der Waals surface area contributed by atoms with Crippen molar-refractivity contribution in [3.63, 3.8) is 0 Å². The maximum Gasteiger partial charge on any atom is 0.162 e. The van der Waals surface area contributed by atoms with Gasteiger partial charge in [-0.25, -0.2) is 4.98 Å². The van der Waals surface area contributed by atoms with Crippen molar-refractivity contribution >= 4 is 6.29 Å². The minimum Gasteiger partial charge on any atom is -0.317 e. The lowest BCUT2D eigenvalue weighted by Crippen LogP contribution is -2.11. The summed E-state index contributed by atoms with van der Waals surface area (Å²) < 4.78 is 1.66. The van der Waals surface area contributed by atoms with Gasteiger partial charge in [0.25, 0.3) is 0 Å². The molecule has 2 aromatic rings. The molecule has 2 aromatic heterocycles. The van der Waals surface area contributed by atoms with E-state index in [0.29, 0.717) is 6.04 Å². The standard InChI is InChI=1S/C10H8N3O/c14-7-10(13-5-4-12-8-13)9-2-1-3-11-6-9/h1-8H. The number of nitrogens with zero attached hydrogens (tertiary/aromatic N) is 3. The van der Waals surface area contributed by atoms with Crippen molar-refractivity contribution in [2.24, 2.45) is 0 Å². The van der Waals surface area contributed by atoms with E-state index in [1.807, 2.05) is 6.07 Å². The van der Waals surface area contributed by atoms with Crippen LogP contribution in [-0.2, 0) is 4.79 Å². The van der Waals surface area contributed by atoms with Crippen molar-refractivity contribution in [2.45, 2.75) is 0 Å². The highest BCUT2D eigenvalue weighted by molar-refractivity contribution is 5.75. The van der Waals surface area contributed by atoms with Gasteiger partial charge in [-0.3, -0.25) is 4.98 Å². The third-order valence-corrected chi connectivity index (χ3v) is 1.85. The summed E-state index contributed by atoms with van der Waals surface area (Å²) in [6.45, 7) is 0. The largest absolute Gasteiger partial charge is 0.317 e. The van der Waals surface area contributed by atoms with E-state index >= 15 is 0 Å². The van der Waals surface area contributed by atoms with Crippen molar-refractivity contribution in [1.82, 2.24) is 14.5 Å². The molecule has 0 aliphatic heterocycles. The van der Waals surface area contributed by atoms with E-state index in [1.165, 1.54) is 0 Å². The van der Waals surface area contributed by atoms with Gasteiger partial charge in [-0.1, -0.05) is 6.07 Å². The van der Waals surface area contributed by atoms with Crippen molar-refractivity contribution in [3.05, 3.63) is 54.9 Å². The molecule has 4 nitrogen and oxygen atoms in total. The van der Waals surface area contributed by atoms with Gasteiger partial charge >= 0.3 is 0 Å². The average Bonchev–Trinajstić information content (AvgIpc) is 2.74. The molecule has 0 unspecified atom stereocenters. The highest BCUT2D eigenvalue weighted by Gasteiger charge is 2.12. The molecule has 0 aliphatic rings. The predicted molar refractivity (Wildman–Crippen MR) is 50.3 cm³/mol. The van der Waals surface area contributed by atoms with E-state index < -0.39 is 0 Å². The van der Waals surface area contributed by atoms with Crippen molar-refractivity contribution < 1.29 is 4.79 Å². The zero-order valence-corrected chi connectivity index (χ0v) is 7.37. The molecule has 14 heavy (non-hydrogen) atoms. The maximum absolute atomic E-state index is 10.9. The molecule has 0 aliphatic carbocycles. The quantitative estimate of drug-likeness (QED) is 0.669. The molecule has 1 radical (unpaired) electrons. The summed E-state index contributed by atoms with van der Waals surface area (Å²) in [5, 5.41) is 0. The second-order valence-electron chi connectivity index (χ2n) is 2.71. The molecule has 2 heterocycles. The van der Waals surface area contributed by atoms with Gasteiger partial charge in [0.2, 0.25) is 0 Å². The van der Waals surface area contributed by atoms with Gasteiger partial charge in [0.15, 0.2) is 12.3 Å². The molecule has 0 bridgehead atoms. The zero-order chi connectivity index (χ0) is 9.80. The van der Waals surface area contributed by atoms with E-state index in [9.17, 15) is 4.79 Å². The van der Waals surface area contributed by atoms with Crippen molar-refractivity contribution in [3.8, 4) is 0 Å². The van der Waals surface area contributed by atoms with Crippen LogP contribution >= 0.6 is 0 Å². The van der Waals surface area contributed by atoms with Gasteiger partial charge < -0.3 is 9.36 Å². The molecule has 0 aromatic carbocycles. The van der Waals surface area contributed by atoms with Crippen LogP contribution < -0.4 is 0 Å². The first-order valence-corrected chi connectivity index (χ1v) is 4.12. The van der Waals surface area contributed by atoms with Crippen LogP contribution in [0.3, 0.4) is 0 Å². The molecular formula is C10H8N3O. The minimum atomic E-state index is 0.538. The lowest BCUT2D eigenvalue weighted by atomic mass is 10.1. The van der Waals surface area contributed by atoms with Gasteiger partial charge in [-0.2, -0.15) is 0 Å². The Kier molecular flexibility index (Phi) is 2.36. The summed E-state index contributed by atoms with van der Waals surface area (Å²) in [6, 6.07) is 4.16. The van der Waals surface area contributed by atoms with Gasteiger partial charge in [-0.15, -0.1) is 0 Å². The molecule has 2 rings (SSSR count). The lowest BCUT2D eigenvalue weighted by Gasteiger charge is -2.09. The molecule has 0 fully saturated rings. The van der Waals surface area contributed by atoms with E-state index in [-0.39, 0.29) is 0 Å². The molecule has 0 spiro atoms. The minimum absolute atomic E-state index is 0.538. The van der Waals surface area contributed by atoms with Crippen LogP contribution in [0.2, 0.25) is 0 Å². The molecule has 69 valence electrons. The number of rotatable bonds is 3.